The van der Waals surface area contributed by atoms with Crippen LogP contribution in [0.4, 0.5) is 5.69 Å². The third kappa shape index (κ3) is 2.32. The third-order valence-electron chi connectivity index (χ3n) is 3.28. The highest BCUT2D eigenvalue weighted by molar-refractivity contribution is 6.02. The molecule has 1 unspecified atom stereocenters. The Morgan fingerprint density at radius 2 is 1.95 bits per heavy atom. The summed E-state index contributed by atoms with van der Waals surface area (Å²) < 4.78 is 5.67. The van der Waals surface area contributed by atoms with Crippen LogP contribution in [0.15, 0.2) is 42.5 Å². The molecule has 106 valence electrons. The molecule has 1 heterocycles. The maximum atomic E-state index is 11.5. The van der Waals surface area contributed by atoms with Gasteiger partial charge >= 0.3 is 0 Å². The molecule has 1 aliphatic rings. The average Bonchev–Trinajstić information content (AvgIpc) is 2.74. The van der Waals surface area contributed by atoms with E-state index >= 15 is 0 Å². The quantitative estimate of drug-likeness (QED) is 0.793. The van der Waals surface area contributed by atoms with Gasteiger partial charge in [-0.15, -0.1) is 0 Å². The first kappa shape index (κ1) is 13.1. The predicted molar refractivity (Wildman–Crippen MR) is 77.0 cm³/mol. The monoisotopic (exact) mass is 283 g/mol. The number of carbonyl (C=O) groups excluding carboxylic acids is 2. The standard InChI is InChI=1S/C15H13N3O3/c16-13-9-6-5-8(7-11(9)18-15(13)20)21-12-4-2-1-3-10(12)14(17)19/h1-7,13H,16H2,(H2,17,19)(H,18,20). The molecule has 21 heavy (non-hydrogen) atoms. The van der Waals surface area contributed by atoms with Gasteiger partial charge in [-0.25, -0.2) is 0 Å². The molecule has 0 fully saturated rings. The summed E-state index contributed by atoms with van der Waals surface area (Å²) in [6.07, 6.45) is 0. The predicted octanol–water partition coefficient (Wildman–Crippen LogP) is 1.53. The number of fused-ring (bicyclic) bond motifs is 1. The number of rotatable bonds is 3. The lowest BCUT2D eigenvalue weighted by molar-refractivity contribution is -0.116. The maximum absolute atomic E-state index is 11.5. The number of anilines is 1. The molecule has 6 heteroatoms. The number of hydrogen-bond acceptors (Lipinski definition) is 4. The Labute approximate surface area is 120 Å². The molecule has 0 saturated carbocycles. The molecule has 0 aliphatic carbocycles. The van der Waals surface area contributed by atoms with Crippen LogP contribution in [-0.2, 0) is 4.79 Å². The lowest BCUT2D eigenvalue weighted by Gasteiger charge is -2.10. The number of hydrogen-bond donors (Lipinski definition) is 3. The molecule has 2 aromatic carbocycles. The van der Waals surface area contributed by atoms with E-state index in [-0.39, 0.29) is 5.91 Å². The summed E-state index contributed by atoms with van der Waals surface area (Å²) in [5, 5.41) is 2.68. The van der Waals surface area contributed by atoms with Gasteiger partial charge in [-0.2, -0.15) is 0 Å². The Morgan fingerprint density at radius 1 is 1.19 bits per heavy atom. The summed E-state index contributed by atoms with van der Waals surface area (Å²) in [6.45, 7) is 0. The van der Waals surface area contributed by atoms with Gasteiger partial charge in [0.25, 0.3) is 5.91 Å². The zero-order valence-corrected chi connectivity index (χ0v) is 11.0. The minimum Gasteiger partial charge on any atom is -0.456 e. The first-order valence-corrected chi connectivity index (χ1v) is 6.33. The summed E-state index contributed by atoms with van der Waals surface area (Å²) in [5.41, 5.74) is 12.7. The van der Waals surface area contributed by atoms with Crippen LogP contribution in [0.25, 0.3) is 0 Å². The smallest absolute Gasteiger partial charge is 0.252 e. The minimum absolute atomic E-state index is 0.250. The normalized spacial score (nSPS) is 16.2. The number of nitrogens with one attached hydrogen (secondary N) is 1. The van der Waals surface area contributed by atoms with Gasteiger partial charge in [0.05, 0.1) is 5.56 Å². The van der Waals surface area contributed by atoms with Gasteiger partial charge < -0.3 is 21.5 Å². The van der Waals surface area contributed by atoms with E-state index in [0.29, 0.717) is 22.7 Å². The molecular weight excluding hydrogens is 270 g/mol. The molecule has 0 saturated heterocycles. The van der Waals surface area contributed by atoms with Crippen LogP contribution < -0.4 is 21.5 Å². The highest BCUT2D eigenvalue weighted by Gasteiger charge is 2.27. The number of nitrogens with two attached hydrogens (primary N) is 2. The van der Waals surface area contributed by atoms with Crippen molar-refractivity contribution >= 4 is 17.5 Å². The Morgan fingerprint density at radius 3 is 2.71 bits per heavy atom. The van der Waals surface area contributed by atoms with Crippen molar-refractivity contribution in [3.05, 3.63) is 53.6 Å². The fourth-order valence-corrected chi connectivity index (χ4v) is 2.22. The Bertz CT molecular complexity index is 743. The van der Waals surface area contributed by atoms with Crippen molar-refractivity contribution in [2.24, 2.45) is 11.5 Å². The second-order valence-electron chi connectivity index (χ2n) is 4.68. The topological polar surface area (TPSA) is 107 Å². The van der Waals surface area contributed by atoms with Gasteiger partial charge in [0.15, 0.2) is 0 Å². The SMILES string of the molecule is NC(=O)c1ccccc1Oc1ccc2c(c1)NC(=O)C2N. The fourth-order valence-electron chi connectivity index (χ4n) is 2.22. The van der Waals surface area contributed by atoms with Crippen molar-refractivity contribution in [3.63, 3.8) is 0 Å². The minimum atomic E-state index is -0.660. The average molecular weight is 283 g/mol. The van der Waals surface area contributed by atoms with Gasteiger partial charge in [-0.3, -0.25) is 9.59 Å². The van der Waals surface area contributed by atoms with E-state index < -0.39 is 11.9 Å². The Balaban J connectivity index is 1.93. The van der Waals surface area contributed by atoms with Crippen molar-refractivity contribution < 1.29 is 14.3 Å². The molecule has 2 aromatic rings. The summed E-state index contributed by atoms with van der Waals surface area (Å²) in [7, 11) is 0. The van der Waals surface area contributed by atoms with E-state index in [9.17, 15) is 9.59 Å². The van der Waals surface area contributed by atoms with Crippen LogP contribution in [0.5, 0.6) is 11.5 Å². The van der Waals surface area contributed by atoms with Crippen LogP contribution in [0.1, 0.15) is 22.0 Å². The van der Waals surface area contributed by atoms with Gasteiger partial charge in [-0.1, -0.05) is 18.2 Å². The third-order valence-corrected chi connectivity index (χ3v) is 3.28. The largest absolute Gasteiger partial charge is 0.456 e. The lowest BCUT2D eigenvalue weighted by atomic mass is 10.1. The van der Waals surface area contributed by atoms with E-state index in [1.165, 1.54) is 0 Å². The molecule has 0 bridgehead atoms. The van der Waals surface area contributed by atoms with Crippen molar-refractivity contribution in [2.45, 2.75) is 6.04 Å². The zero-order chi connectivity index (χ0) is 15.0. The Kier molecular flexibility index (Phi) is 3.08. The summed E-state index contributed by atoms with van der Waals surface area (Å²) >= 11 is 0. The Hall–Kier alpha value is -2.86. The maximum Gasteiger partial charge on any atom is 0.252 e. The van der Waals surface area contributed by atoms with Crippen LogP contribution in [-0.4, -0.2) is 11.8 Å². The lowest BCUT2D eigenvalue weighted by Crippen LogP contribution is -2.19. The van der Waals surface area contributed by atoms with Gasteiger partial charge in [-0.05, 0) is 18.2 Å². The van der Waals surface area contributed by atoms with E-state index in [0.717, 1.165) is 5.56 Å². The first-order valence-electron chi connectivity index (χ1n) is 6.33. The summed E-state index contributed by atoms with van der Waals surface area (Å²) in [6, 6.07) is 11.1. The van der Waals surface area contributed by atoms with Crippen molar-refractivity contribution in [1.29, 1.82) is 0 Å². The molecule has 5 N–H and O–H groups in total. The molecule has 6 nitrogen and oxygen atoms in total. The van der Waals surface area contributed by atoms with Crippen LogP contribution in [0, 0.1) is 0 Å². The number of amides is 2. The number of benzene rings is 2. The first-order chi connectivity index (χ1) is 10.1. The molecule has 0 spiro atoms. The highest BCUT2D eigenvalue weighted by Crippen LogP contribution is 2.34. The zero-order valence-electron chi connectivity index (χ0n) is 11.0. The van der Waals surface area contributed by atoms with E-state index in [1.807, 2.05) is 0 Å². The number of ether oxygens (including phenoxy) is 1. The number of carbonyl (C=O) groups is 2. The summed E-state index contributed by atoms with van der Waals surface area (Å²) in [5.74, 6) is 0.0252. The van der Waals surface area contributed by atoms with Gasteiger partial charge in [0.1, 0.15) is 17.5 Å². The molecule has 0 radical (unpaired) electrons. The number of primary amides is 1. The molecule has 1 aliphatic heterocycles. The van der Waals surface area contributed by atoms with E-state index in [4.69, 9.17) is 16.2 Å². The van der Waals surface area contributed by atoms with Crippen molar-refractivity contribution in [3.8, 4) is 11.5 Å². The van der Waals surface area contributed by atoms with Crippen LogP contribution >= 0.6 is 0 Å². The molecule has 3 rings (SSSR count). The second-order valence-corrected chi connectivity index (χ2v) is 4.68. The molecule has 1 atom stereocenters. The second kappa shape index (κ2) is 4.92. The van der Waals surface area contributed by atoms with E-state index in [1.54, 1.807) is 42.5 Å². The van der Waals surface area contributed by atoms with Crippen molar-refractivity contribution in [2.75, 3.05) is 5.32 Å². The molecule has 0 aromatic heterocycles. The van der Waals surface area contributed by atoms with E-state index in [2.05, 4.69) is 5.32 Å². The van der Waals surface area contributed by atoms with Crippen LogP contribution in [0.3, 0.4) is 0 Å². The summed E-state index contributed by atoms with van der Waals surface area (Å²) in [4.78, 5) is 22.9. The molecule has 2 amide bonds. The fraction of sp³-hybridized carbons (Fsp3) is 0.0667. The highest BCUT2D eigenvalue weighted by atomic mass is 16.5. The molecular formula is C15H13N3O3. The van der Waals surface area contributed by atoms with Gasteiger partial charge in [0.2, 0.25) is 5.91 Å². The van der Waals surface area contributed by atoms with Gasteiger partial charge in [0, 0.05) is 17.3 Å². The number of para-hydroxylation sites is 1. The van der Waals surface area contributed by atoms with Crippen LogP contribution in [0.2, 0.25) is 0 Å². The van der Waals surface area contributed by atoms with Crippen molar-refractivity contribution in [1.82, 2.24) is 0 Å².